The van der Waals surface area contributed by atoms with E-state index in [1.165, 1.54) is 6.92 Å². The predicted octanol–water partition coefficient (Wildman–Crippen LogP) is 2.59. The zero-order valence-corrected chi connectivity index (χ0v) is 18.1. The van der Waals surface area contributed by atoms with E-state index in [1.807, 2.05) is 49.4 Å². The van der Waals surface area contributed by atoms with Gasteiger partial charge in [-0.25, -0.2) is 0 Å². The molecule has 0 heterocycles. The minimum atomic E-state index is -0.586. The van der Waals surface area contributed by atoms with Gasteiger partial charge in [-0.15, -0.1) is 0 Å². The van der Waals surface area contributed by atoms with Gasteiger partial charge in [0.15, 0.2) is 5.78 Å². The molecule has 2 N–H and O–H groups in total. The van der Waals surface area contributed by atoms with Crippen molar-refractivity contribution in [3.8, 4) is 0 Å². The van der Waals surface area contributed by atoms with Gasteiger partial charge in [-0.1, -0.05) is 61.0 Å². The van der Waals surface area contributed by atoms with Crippen LogP contribution in [0.1, 0.15) is 25.0 Å². The monoisotopic (exact) mass is 429 g/mol. The van der Waals surface area contributed by atoms with Gasteiger partial charge in [-0.2, -0.15) is 0 Å². The predicted molar refractivity (Wildman–Crippen MR) is 118 cm³/mol. The number of amides is 2. The fraction of sp³-hybridized carbons (Fsp3) is 0.348. The number of hydrogen-bond donors (Lipinski definition) is 2. The summed E-state index contributed by atoms with van der Waals surface area (Å²) in [6, 6.07) is 16.2. The summed E-state index contributed by atoms with van der Waals surface area (Å²) >= 11 is 5.86. The molecule has 6 nitrogen and oxygen atoms in total. The molecule has 0 saturated carbocycles. The second-order valence-electron chi connectivity index (χ2n) is 7.13. The Bertz CT molecular complexity index is 841. The molecule has 0 fully saturated rings. The highest BCUT2D eigenvalue weighted by atomic mass is 35.5. The number of Topliss-reactive ketones (excluding diaryl/α,β-unsaturated/α-hetero) is 1. The normalized spacial score (nSPS) is 11.7. The highest BCUT2D eigenvalue weighted by Gasteiger charge is 2.20. The van der Waals surface area contributed by atoms with E-state index in [0.717, 1.165) is 11.1 Å². The molecule has 7 heteroatoms. The van der Waals surface area contributed by atoms with E-state index in [2.05, 4.69) is 10.6 Å². The van der Waals surface area contributed by atoms with Gasteiger partial charge in [0.25, 0.3) is 0 Å². The molecule has 2 aromatic rings. The average Bonchev–Trinajstić information content (AvgIpc) is 2.73. The Morgan fingerprint density at radius 2 is 1.57 bits per heavy atom. The third-order valence-corrected chi connectivity index (χ3v) is 4.95. The van der Waals surface area contributed by atoms with Crippen LogP contribution in [0.3, 0.4) is 0 Å². The van der Waals surface area contributed by atoms with Crippen LogP contribution in [0.25, 0.3) is 0 Å². The van der Waals surface area contributed by atoms with Crippen LogP contribution in [0.2, 0.25) is 5.02 Å². The number of carbonyl (C=O) groups is 3. The van der Waals surface area contributed by atoms with E-state index < -0.39 is 6.04 Å². The fourth-order valence-corrected chi connectivity index (χ4v) is 3.06. The lowest BCUT2D eigenvalue weighted by Crippen LogP contribution is -2.47. The molecule has 1 atom stereocenters. The van der Waals surface area contributed by atoms with Gasteiger partial charge in [-0.3, -0.25) is 19.3 Å². The smallest absolute Gasteiger partial charge is 0.234 e. The molecule has 30 heavy (non-hydrogen) atoms. The molecular weight excluding hydrogens is 402 g/mol. The van der Waals surface area contributed by atoms with E-state index >= 15 is 0 Å². The van der Waals surface area contributed by atoms with Gasteiger partial charge in [0.05, 0.1) is 19.1 Å². The van der Waals surface area contributed by atoms with Gasteiger partial charge >= 0.3 is 0 Å². The van der Waals surface area contributed by atoms with Crippen molar-refractivity contribution < 1.29 is 14.4 Å². The van der Waals surface area contributed by atoms with E-state index in [0.29, 0.717) is 24.5 Å². The van der Waals surface area contributed by atoms with Gasteiger partial charge < -0.3 is 10.6 Å². The molecule has 0 saturated heterocycles. The summed E-state index contributed by atoms with van der Waals surface area (Å²) in [5.74, 6) is -0.554. The summed E-state index contributed by atoms with van der Waals surface area (Å²) < 4.78 is 0. The molecule has 0 aromatic heterocycles. The van der Waals surface area contributed by atoms with E-state index in [9.17, 15) is 14.4 Å². The Kier molecular flexibility index (Phi) is 9.51. The van der Waals surface area contributed by atoms with Crippen LogP contribution >= 0.6 is 11.6 Å². The third-order valence-electron chi connectivity index (χ3n) is 4.69. The number of ketones is 1. The SMILES string of the molecule is CCN(CC(=O)NCc1ccc(Cl)cc1)CC(=O)N[C@@H](Cc1ccccc1)C(C)=O. The van der Waals surface area contributed by atoms with Gasteiger partial charge in [0.1, 0.15) is 0 Å². The average molecular weight is 430 g/mol. The summed E-state index contributed by atoms with van der Waals surface area (Å²) in [5.41, 5.74) is 1.92. The molecule has 0 aliphatic rings. The number of likely N-dealkylation sites (N-methyl/N-ethyl adjacent to an activating group) is 1. The van der Waals surface area contributed by atoms with Crippen molar-refractivity contribution in [2.45, 2.75) is 32.9 Å². The Labute approximate surface area is 182 Å². The first-order valence-electron chi connectivity index (χ1n) is 9.94. The van der Waals surface area contributed by atoms with Crippen molar-refractivity contribution in [2.75, 3.05) is 19.6 Å². The number of nitrogens with one attached hydrogen (secondary N) is 2. The van der Waals surface area contributed by atoms with Crippen LogP contribution < -0.4 is 10.6 Å². The van der Waals surface area contributed by atoms with Crippen LogP contribution in [0, 0.1) is 0 Å². The molecule has 0 bridgehead atoms. The molecule has 0 spiro atoms. The van der Waals surface area contributed by atoms with Crippen LogP contribution in [-0.2, 0) is 27.3 Å². The molecule has 2 amide bonds. The maximum atomic E-state index is 12.5. The van der Waals surface area contributed by atoms with E-state index in [1.54, 1.807) is 17.0 Å². The van der Waals surface area contributed by atoms with Gasteiger partial charge in [0, 0.05) is 11.6 Å². The van der Waals surface area contributed by atoms with Gasteiger partial charge in [0.2, 0.25) is 11.8 Å². The summed E-state index contributed by atoms with van der Waals surface area (Å²) in [4.78, 5) is 38.4. The Balaban J connectivity index is 1.82. The zero-order chi connectivity index (χ0) is 21.9. The van der Waals surface area contributed by atoms with Crippen molar-refractivity contribution in [2.24, 2.45) is 0 Å². The van der Waals surface area contributed by atoms with Crippen LogP contribution in [-0.4, -0.2) is 48.2 Å². The number of nitrogens with zero attached hydrogens (tertiary/aromatic N) is 1. The Morgan fingerprint density at radius 1 is 0.933 bits per heavy atom. The van der Waals surface area contributed by atoms with Crippen molar-refractivity contribution in [1.82, 2.24) is 15.5 Å². The maximum absolute atomic E-state index is 12.5. The second-order valence-corrected chi connectivity index (χ2v) is 7.56. The standard InChI is InChI=1S/C23H28ClN3O3/c1-3-27(15-22(29)25-14-19-9-11-20(24)12-10-19)16-23(30)26-21(17(2)28)13-18-7-5-4-6-8-18/h4-12,21H,3,13-16H2,1-2H3,(H,25,29)(H,26,30)/t21-/m0/s1. The first-order valence-corrected chi connectivity index (χ1v) is 10.3. The summed E-state index contributed by atoms with van der Waals surface area (Å²) in [7, 11) is 0. The quantitative estimate of drug-likeness (QED) is 0.575. The van der Waals surface area contributed by atoms with Gasteiger partial charge in [-0.05, 0) is 43.1 Å². The number of carbonyl (C=O) groups excluding carboxylic acids is 3. The maximum Gasteiger partial charge on any atom is 0.234 e. The van der Waals surface area contributed by atoms with Crippen LogP contribution in [0.5, 0.6) is 0 Å². The van der Waals surface area contributed by atoms with E-state index in [-0.39, 0.29) is 30.7 Å². The summed E-state index contributed by atoms with van der Waals surface area (Å²) in [6.07, 6.45) is 0.440. The number of hydrogen-bond acceptors (Lipinski definition) is 4. The molecule has 0 unspecified atom stereocenters. The minimum Gasteiger partial charge on any atom is -0.351 e. The first kappa shape index (κ1) is 23.6. The minimum absolute atomic E-state index is 0.0451. The van der Waals surface area contributed by atoms with Crippen molar-refractivity contribution in [1.29, 1.82) is 0 Å². The highest BCUT2D eigenvalue weighted by molar-refractivity contribution is 6.30. The summed E-state index contributed by atoms with van der Waals surface area (Å²) in [5, 5.41) is 6.27. The lowest BCUT2D eigenvalue weighted by Gasteiger charge is -2.22. The molecular formula is C23H28ClN3O3. The summed E-state index contributed by atoms with van der Waals surface area (Å²) in [6.45, 7) is 4.42. The molecule has 0 radical (unpaired) electrons. The molecule has 0 aliphatic carbocycles. The van der Waals surface area contributed by atoms with Crippen LogP contribution in [0.4, 0.5) is 0 Å². The molecule has 2 aromatic carbocycles. The topological polar surface area (TPSA) is 78.5 Å². The zero-order valence-electron chi connectivity index (χ0n) is 17.4. The Morgan fingerprint density at radius 3 is 2.17 bits per heavy atom. The lowest BCUT2D eigenvalue weighted by atomic mass is 10.0. The largest absolute Gasteiger partial charge is 0.351 e. The number of halogens is 1. The highest BCUT2D eigenvalue weighted by Crippen LogP contribution is 2.09. The number of rotatable bonds is 11. The van der Waals surface area contributed by atoms with Crippen molar-refractivity contribution in [3.63, 3.8) is 0 Å². The van der Waals surface area contributed by atoms with Crippen molar-refractivity contribution in [3.05, 3.63) is 70.7 Å². The van der Waals surface area contributed by atoms with Crippen molar-refractivity contribution >= 4 is 29.2 Å². The lowest BCUT2D eigenvalue weighted by molar-refractivity contribution is -0.128. The number of benzene rings is 2. The second kappa shape index (κ2) is 12.1. The molecule has 2 rings (SSSR count). The fourth-order valence-electron chi connectivity index (χ4n) is 2.93. The molecule has 0 aliphatic heterocycles. The third kappa shape index (κ3) is 8.35. The molecule has 160 valence electrons. The first-order chi connectivity index (χ1) is 14.4. The van der Waals surface area contributed by atoms with Crippen LogP contribution in [0.15, 0.2) is 54.6 Å². The Hall–Kier alpha value is -2.70. The van der Waals surface area contributed by atoms with E-state index in [4.69, 9.17) is 11.6 Å².